The monoisotopic (exact) mass is 342 g/mol. The SMILES string of the molecule is CCNc1ccc(C(=O)OC)cc1-n1cc(C#N)c(N)c1C(=O)OC. The van der Waals surface area contributed by atoms with Crippen molar-refractivity contribution in [3.8, 4) is 11.8 Å². The van der Waals surface area contributed by atoms with Gasteiger partial charge < -0.3 is 25.1 Å². The van der Waals surface area contributed by atoms with Gasteiger partial charge in [0, 0.05) is 12.7 Å². The molecular formula is C17H18N4O4. The number of hydrogen-bond donors (Lipinski definition) is 2. The maximum Gasteiger partial charge on any atom is 0.357 e. The quantitative estimate of drug-likeness (QED) is 0.797. The average molecular weight is 342 g/mol. The molecule has 25 heavy (non-hydrogen) atoms. The Balaban J connectivity index is 2.77. The second-order valence-corrected chi connectivity index (χ2v) is 5.03. The number of aromatic nitrogens is 1. The Morgan fingerprint density at radius 3 is 2.52 bits per heavy atom. The lowest BCUT2D eigenvalue weighted by Crippen LogP contribution is -2.13. The van der Waals surface area contributed by atoms with Gasteiger partial charge in [-0.25, -0.2) is 9.59 Å². The van der Waals surface area contributed by atoms with Crippen LogP contribution in [0.1, 0.15) is 33.3 Å². The summed E-state index contributed by atoms with van der Waals surface area (Å²) >= 11 is 0. The summed E-state index contributed by atoms with van der Waals surface area (Å²) in [4.78, 5) is 24.0. The number of methoxy groups -OCH3 is 2. The molecule has 8 heteroatoms. The van der Waals surface area contributed by atoms with Crippen LogP contribution in [0.3, 0.4) is 0 Å². The number of carbonyl (C=O) groups is 2. The van der Waals surface area contributed by atoms with Crippen molar-refractivity contribution < 1.29 is 19.1 Å². The molecule has 0 amide bonds. The molecule has 3 N–H and O–H groups in total. The van der Waals surface area contributed by atoms with Gasteiger partial charge >= 0.3 is 11.9 Å². The van der Waals surface area contributed by atoms with Crippen LogP contribution in [-0.2, 0) is 9.47 Å². The maximum atomic E-state index is 12.2. The number of nitrogens with two attached hydrogens (primary N) is 1. The van der Waals surface area contributed by atoms with Gasteiger partial charge in [-0.2, -0.15) is 5.26 Å². The summed E-state index contributed by atoms with van der Waals surface area (Å²) < 4.78 is 10.9. The fourth-order valence-corrected chi connectivity index (χ4v) is 2.42. The Morgan fingerprint density at radius 2 is 1.96 bits per heavy atom. The zero-order valence-electron chi connectivity index (χ0n) is 14.1. The molecule has 2 rings (SSSR count). The van der Waals surface area contributed by atoms with E-state index in [1.807, 2.05) is 13.0 Å². The van der Waals surface area contributed by atoms with E-state index in [0.717, 1.165) is 0 Å². The van der Waals surface area contributed by atoms with E-state index in [9.17, 15) is 14.9 Å². The van der Waals surface area contributed by atoms with Crippen LogP contribution in [0.4, 0.5) is 11.4 Å². The van der Waals surface area contributed by atoms with E-state index in [0.29, 0.717) is 23.5 Å². The third-order valence-electron chi connectivity index (χ3n) is 3.59. The minimum Gasteiger partial charge on any atom is -0.465 e. The number of anilines is 2. The number of esters is 2. The standard InChI is InChI=1S/C17H18N4O4/c1-4-20-12-6-5-10(16(22)24-2)7-13(12)21-9-11(8-18)14(19)15(21)17(23)25-3/h5-7,9,20H,4,19H2,1-3H3. The Morgan fingerprint density at radius 1 is 1.28 bits per heavy atom. The fourth-order valence-electron chi connectivity index (χ4n) is 2.42. The smallest absolute Gasteiger partial charge is 0.357 e. The first-order valence-corrected chi connectivity index (χ1v) is 7.44. The van der Waals surface area contributed by atoms with Crippen LogP contribution in [0.25, 0.3) is 5.69 Å². The molecule has 0 aliphatic heterocycles. The highest BCUT2D eigenvalue weighted by molar-refractivity contribution is 5.97. The lowest BCUT2D eigenvalue weighted by molar-refractivity contribution is 0.0588. The first-order valence-electron chi connectivity index (χ1n) is 7.44. The number of rotatable bonds is 5. The van der Waals surface area contributed by atoms with Gasteiger partial charge in [0.15, 0.2) is 5.69 Å². The lowest BCUT2D eigenvalue weighted by atomic mass is 10.1. The fraction of sp³-hybridized carbons (Fsp3) is 0.235. The predicted octanol–water partition coefficient (Wildman–Crippen LogP) is 1.94. The molecule has 0 saturated heterocycles. The number of carbonyl (C=O) groups excluding carboxylic acids is 2. The highest BCUT2D eigenvalue weighted by Gasteiger charge is 2.23. The van der Waals surface area contributed by atoms with E-state index in [4.69, 9.17) is 15.2 Å². The van der Waals surface area contributed by atoms with Crippen LogP contribution >= 0.6 is 0 Å². The minimum absolute atomic E-state index is 0.0141. The molecule has 1 aromatic carbocycles. The van der Waals surface area contributed by atoms with Gasteiger partial charge in [0.1, 0.15) is 6.07 Å². The summed E-state index contributed by atoms with van der Waals surface area (Å²) in [6, 6.07) is 6.78. The molecule has 0 spiro atoms. The lowest BCUT2D eigenvalue weighted by Gasteiger charge is -2.15. The first-order chi connectivity index (χ1) is 12.0. The largest absolute Gasteiger partial charge is 0.465 e. The van der Waals surface area contributed by atoms with Crippen molar-refractivity contribution >= 4 is 23.3 Å². The number of nitrogens with zero attached hydrogens (tertiary/aromatic N) is 2. The average Bonchev–Trinajstić information content (AvgIpc) is 2.97. The van der Waals surface area contributed by atoms with Crippen molar-refractivity contribution in [1.29, 1.82) is 5.26 Å². The van der Waals surface area contributed by atoms with Gasteiger partial charge in [-0.1, -0.05) is 0 Å². The second kappa shape index (κ2) is 7.40. The van der Waals surface area contributed by atoms with Gasteiger partial charge in [-0.3, -0.25) is 0 Å². The van der Waals surface area contributed by atoms with Crippen LogP contribution < -0.4 is 11.1 Å². The Hall–Kier alpha value is -3.47. The Labute approximate surface area is 144 Å². The molecule has 0 aliphatic rings. The molecular weight excluding hydrogens is 324 g/mol. The van der Waals surface area contributed by atoms with Crippen molar-refractivity contribution in [2.24, 2.45) is 0 Å². The number of ether oxygens (including phenoxy) is 2. The van der Waals surface area contributed by atoms with Crippen LogP contribution in [0.15, 0.2) is 24.4 Å². The van der Waals surface area contributed by atoms with E-state index in [-0.39, 0.29) is 16.9 Å². The zero-order valence-corrected chi connectivity index (χ0v) is 14.1. The molecule has 1 heterocycles. The number of hydrogen-bond acceptors (Lipinski definition) is 7. The highest BCUT2D eigenvalue weighted by Crippen LogP contribution is 2.29. The molecule has 0 bridgehead atoms. The van der Waals surface area contributed by atoms with Crippen molar-refractivity contribution in [3.05, 3.63) is 41.2 Å². The summed E-state index contributed by atoms with van der Waals surface area (Å²) in [7, 11) is 2.50. The molecule has 0 atom stereocenters. The molecule has 2 aromatic rings. The number of nitrogen functional groups attached to an aromatic ring is 1. The second-order valence-electron chi connectivity index (χ2n) is 5.03. The van der Waals surface area contributed by atoms with E-state index >= 15 is 0 Å². The molecule has 0 radical (unpaired) electrons. The Bertz CT molecular complexity index is 864. The summed E-state index contributed by atoms with van der Waals surface area (Å²) in [5, 5.41) is 12.4. The molecule has 8 nitrogen and oxygen atoms in total. The summed E-state index contributed by atoms with van der Waals surface area (Å²) in [5.41, 5.74) is 7.50. The van der Waals surface area contributed by atoms with Crippen molar-refractivity contribution in [1.82, 2.24) is 4.57 Å². The van der Waals surface area contributed by atoms with Crippen LogP contribution in [0, 0.1) is 11.3 Å². The van der Waals surface area contributed by atoms with Crippen molar-refractivity contribution in [3.63, 3.8) is 0 Å². The maximum absolute atomic E-state index is 12.2. The van der Waals surface area contributed by atoms with E-state index in [1.54, 1.807) is 18.2 Å². The third kappa shape index (κ3) is 3.26. The minimum atomic E-state index is -0.690. The number of nitriles is 1. The summed E-state index contributed by atoms with van der Waals surface area (Å²) in [6.07, 6.45) is 1.43. The van der Waals surface area contributed by atoms with Gasteiger partial charge in [0.05, 0.1) is 42.4 Å². The molecule has 0 saturated carbocycles. The first kappa shape index (κ1) is 17.9. The number of benzene rings is 1. The van der Waals surface area contributed by atoms with Gasteiger partial charge in [0.2, 0.25) is 0 Å². The zero-order chi connectivity index (χ0) is 18.6. The molecule has 1 aromatic heterocycles. The highest BCUT2D eigenvalue weighted by atomic mass is 16.5. The predicted molar refractivity (Wildman–Crippen MR) is 91.7 cm³/mol. The van der Waals surface area contributed by atoms with E-state index < -0.39 is 11.9 Å². The number of nitrogens with one attached hydrogen (secondary N) is 1. The topological polar surface area (TPSA) is 119 Å². The van der Waals surface area contributed by atoms with Crippen LogP contribution in [0.5, 0.6) is 0 Å². The van der Waals surface area contributed by atoms with Crippen LogP contribution in [0.2, 0.25) is 0 Å². The molecule has 0 unspecified atom stereocenters. The van der Waals surface area contributed by atoms with Gasteiger partial charge in [-0.15, -0.1) is 0 Å². The van der Waals surface area contributed by atoms with Crippen molar-refractivity contribution in [2.45, 2.75) is 6.92 Å². The summed E-state index contributed by atoms with van der Waals surface area (Å²) in [6.45, 7) is 2.52. The normalized spacial score (nSPS) is 10.0. The molecule has 0 fully saturated rings. The van der Waals surface area contributed by atoms with E-state index in [1.165, 1.54) is 25.0 Å². The summed E-state index contributed by atoms with van der Waals surface area (Å²) in [5.74, 6) is -1.21. The van der Waals surface area contributed by atoms with Gasteiger partial charge in [-0.05, 0) is 25.1 Å². The Kier molecular flexibility index (Phi) is 5.29. The van der Waals surface area contributed by atoms with Crippen molar-refractivity contribution in [2.75, 3.05) is 31.8 Å². The van der Waals surface area contributed by atoms with E-state index in [2.05, 4.69) is 5.32 Å². The van der Waals surface area contributed by atoms with Gasteiger partial charge in [0.25, 0.3) is 0 Å². The third-order valence-corrected chi connectivity index (χ3v) is 3.59. The molecule has 0 aliphatic carbocycles. The molecule has 130 valence electrons. The van der Waals surface area contributed by atoms with Crippen LogP contribution in [-0.4, -0.2) is 37.3 Å².